The van der Waals surface area contributed by atoms with Gasteiger partial charge in [0.25, 0.3) is 0 Å². The molecule has 6 heteroatoms. The zero-order valence-electron chi connectivity index (χ0n) is 13.9. The van der Waals surface area contributed by atoms with Gasteiger partial charge in [-0.25, -0.2) is 4.79 Å². The van der Waals surface area contributed by atoms with Gasteiger partial charge in [-0.1, -0.05) is 12.1 Å². The number of anilines is 1. The van der Waals surface area contributed by atoms with E-state index < -0.39 is 5.97 Å². The first-order chi connectivity index (χ1) is 11.6. The number of hydrogen-bond donors (Lipinski definition) is 2. The summed E-state index contributed by atoms with van der Waals surface area (Å²) in [7, 11) is 0. The Labute approximate surface area is 142 Å². The minimum absolute atomic E-state index is 0.0826. The van der Waals surface area contributed by atoms with Crippen molar-refractivity contribution in [2.24, 2.45) is 5.92 Å². The third-order valence-corrected chi connectivity index (χ3v) is 4.94. The van der Waals surface area contributed by atoms with Gasteiger partial charge >= 0.3 is 12.0 Å². The third-order valence-electron chi connectivity index (χ3n) is 4.94. The minimum atomic E-state index is -0.790. The number of rotatable bonds is 7. The molecule has 0 bridgehead atoms. The van der Waals surface area contributed by atoms with E-state index in [1.807, 2.05) is 34.1 Å². The number of amides is 2. The van der Waals surface area contributed by atoms with Crippen molar-refractivity contribution in [3.63, 3.8) is 0 Å². The molecule has 0 radical (unpaired) electrons. The Morgan fingerprint density at radius 1 is 1.25 bits per heavy atom. The fourth-order valence-electron chi connectivity index (χ4n) is 3.42. The van der Waals surface area contributed by atoms with Crippen LogP contribution in [0.5, 0.6) is 0 Å². The van der Waals surface area contributed by atoms with Gasteiger partial charge in [-0.3, -0.25) is 9.69 Å². The van der Waals surface area contributed by atoms with E-state index in [0.717, 1.165) is 50.4 Å². The van der Waals surface area contributed by atoms with Crippen LogP contribution in [-0.2, 0) is 11.2 Å². The van der Waals surface area contributed by atoms with E-state index in [1.54, 1.807) is 0 Å². The lowest BCUT2D eigenvalue weighted by Gasteiger charge is -2.20. The predicted molar refractivity (Wildman–Crippen MR) is 92.3 cm³/mol. The van der Waals surface area contributed by atoms with Gasteiger partial charge < -0.3 is 15.3 Å². The Bertz CT molecular complexity index is 582. The third kappa shape index (κ3) is 4.06. The Morgan fingerprint density at radius 3 is 2.71 bits per heavy atom. The lowest BCUT2D eigenvalue weighted by molar-refractivity contribution is -0.136. The Balaban J connectivity index is 1.53. The molecule has 1 aromatic carbocycles. The average molecular weight is 331 g/mol. The number of carboxylic acid groups (broad SMARTS) is 1. The molecule has 1 atom stereocenters. The first-order valence-electron chi connectivity index (χ1n) is 8.71. The Hall–Kier alpha value is -2.08. The molecule has 2 fully saturated rings. The largest absolute Gasteiger partial charge is 0.481 e. The van der Waals surface area contributed by atoms with E-state index >= 15 is 0 Å². The number of hydrogen-bond acceptors (Lipinski definition) is 3. The fourth-order valence-corrected chi connectivity index (χ4v) is 3.42. The number of urea groups is 1. The summed E-state index contributed by atoms with van der Waals surface area (Å²) in [6.45, 7) is 4.50. The maximum absolute atomic E-state index is 12.6. The zero-order valence-corrected chi connectivity index (χ0v) is 13.9. The van der Waals surface area contributed by atoms with Crippen molar-refractivity contribution in [3.05, 3.63) is 29.8 Å². The lowest BCUT2D eigenvalue weighted by atomic mass is 10.1. The van der Waals surface area contributed by atoms with Crippen LogP contribution in [0.2, 0.25) is 0 Å². The fraction of sp³-hybridized carbons (Fsp3) is 0.556. The maximum atomic E-state index is 12.6. The molecule has 2 aliphatic heterocycles. The number of aliphatic carboxylic acids is 1. The highest BCUT2D eigenvalue weighted by Gasteiger charge is 2.29. The van der Waals surface area contributed by atoms with Gasteiger partial charge in [0.2, 0.25) is 0 Å². The minimum Gasteiger partial charge on any atom is -0.481 e. The van der Waals surface area contributed by atoms with Crippen molar-refractivity contribution in [1.82, 2.24) is 10.2 Å². The summed E-state index contributed by atoms with van der Waals surface area (Å²) in [6, 6.07) is 7.75. The summed E-state index contributed by atoms with van der Waals surface area (Å²) in [5, 5.41) is 12.1. The zero-order chi connectivity index (χ0) is 16.9. The summed E-state index contributed by atoms with van der Waals surface area (Å²) in [4.78, 5) is 26.9. The number of carbonyl (C=O) groups excluding carboxylic acids is 1. The molecule has 2 amide bonds. The molecule has 3 rings (SSSR count). The van der Waals surface area contributed by atoms with Gasteiger partial charge in [0.05, 0.1) is 0 Å². The highest BCUT2D eigenvalue weighted by atomic mass is 16.4. The quantitative estimate of drug-likeness (QED) is 0.801. The molecule has 0 spiro atoms. The predicted octanol–water partition coefficient (Wildman–Crippen LogP) is 1.95. The lowest BCUT2D eigenvalue weighted by Crippen LogP contribution is -2.33. The molecule has 2 aliphatic rings. The smallest absolute Gasteiger partial charge is 0.324 e. The van der Waals surface area contributed by atoms with Gasteiger partial charge in [-0.05, 0) is 56.0 Å². The highest BCUT2D eigenvalue weighted by Crippen LogP contribution is 2.22. The maximum Gasteiger partial charge on any atom is 0.324 e. The van der Waals surface area contributed by atoms with E-state index in [2.05, 4.69) is 5.32 Å². The second kappa shape index (κ2) is 7.66. The van der Waals surface area contributed by atoms with Crippen LogP contribution in [0.3, 0.4) is 0 Å². The summed E-state index contributed by atoms with van der Waals surface area (Å²) in [6.07, 6.45) is 2.93. The molecule has 0 aromatic heterocycles. The molecule has 1 aromatic rings. The number of benzene rings is 1. The van der Waals surface area contributed by atoms with Gasteiger partial charge in [0.15, 0.2) is 0 Å². The van der Waals surface area contributed by atoms with Gasteiger partial charge in [-0.15, -0.1) is 0 Å². The number of aryl methyl sites for hydroxylation is 1. The molecule has 1 unspecified atom stereocenters. The Morgan fingerprint density at radius 2 is 2.04 bits per heavy atom. The van der Waals surface area contributed by atoms with Crippen LogP contribution >= 0.6 is 0 Å². The van der Waals surface area contributed by atoms with E-state index in [-0.39, 0.29) is 12.5 Å². The van der Waals surface area contributed by atoms with E-state index in [9.17, 15) is 9.59 Å². The molecule has 2 heterocycles. The number of carboxylic acids is 1. The molecule has 2 saturated heterocycles. The van der Waals surface area contributed by atoms with Crippen molar-refractivity contribution in [2.45, 2.75) is 25.7 Å². The average Bonchev–Trinajstić information content (AvgIpc) is 3.21. The monoisotopic (exact) mass is 331 g/mol. The van der Waals surface area contributed by atoms with Crippen LogP contribution in [0.4, 0.5) is 10.5 Å². The second-order valence-electron chi connectivity index (χ2n) is 6.63. The molecule has 0 saturated carbocycles. The van der Waals surface area contributed by atoms with Gasteiger partial charge in [-0.2, -0.15) is 0 Å². The highest BCUT2D eigenvalue weighted by molar-refractivity contribution is 5.94. The summed E-state index contributed by atoms with van der Waals surface area (Å²) in [5.74, 6) is -0.0951. The van der Waals surface area contributed by atoms with Crippen LogP contribution in [0, 0.1) is 5.92 Å². The van der Waals surface area contributed by atoms with Crippen molar-refractivity contribution >= 4 is 17.7 Å². The van der Waals surface area contributed by atoms with Crippen LogP contribution in [0.15, 0.2) is 24.3 Å². The summed E-state index contributed by atoms with van der Waals surface area (Å²) >= 11 is 0. The van der Waals surface area contributed by atoms with E-state index in [0.29, 0.717) is 12.3 Å². The first-order valence-corrected chi connectivity index (χ1v) is 8.71. The van der Waals surface area contributed by atoms with Crippen LogP contribution in [-0.4, -0.2) is 54.7 Å². The molecule has 6 nitrogen and oxygen atoms in total. The van der Waals surface area contributed by atoms with Crippen LogP contribution in [0.25, 0.3) is 0 Å². The second-order valence-corrected chi connectivity index (χ2v) is 6.63. The first kappa shape index (κ1) is 16.8. The number of carbonyl (C=O) groups is 2. The SMILES string of the molecule is O=C(O)CCc1ccc(N2CCN(CCC3CCNC3)C2=O)cc1. The molecular weight excluding hydrogens is 306 g/mol. The normalized spacial score (nSPS) is 20.8. The van der Waals surface area contributed by atoms with Crippen molar-refractivity contribution < 1.29 is 14.7 Å². The molecule has 130 valence electrons. The summed E-state index contributed by atoms with van der Waals surface area (Å²) < 4.78 is 0. The number of nitrogens with zero attached hydrogens (tertiary/aromatic N) is 2. The van der Waals surface area contributed by atoms with Crippen molar-refractivity contribution in [2.75, 3.05) is 37.6 Å². The van der Waals surface area contributed by atoms with E-state index in [1.165, 1.54) is 6.42 Å². The topological polar surface area (TPSA) is 72.9 Å². The molecule has 24 heavy (non-hydrogen) atoms. The standard InChI is InChI=1S/C18H25N3O3/c22-17(23)6-3-14-1-4-16(5-2-14)21-12-11-20(18(21)24)10-8-15-7-9-19-13-15/h1-2,4-5,15,19H,3,6-13H2,(H,22,23). The molecule has 0 aliphatic carbocycles. The van der Waals surface area contributed by atoms with Gasteiger partial charge in [0, 0.05) is 31.7 Å². The van der Waals surface area contributed by atoms with Crippen molar-refractivity contribution in [1.29, 1.82) is 0 Å². The molecule has 2 N–H and O–H groups in total. The Kier molecular flexibility index (Phi) is 5.35. The van der Waals surface area contributed by atoms with Crippen LogP contribution < -0.4 is 10.2 Å². The van der Waals surface area contributed by atoms with Crippen molar-refractivity contribution in [3.8, 4) is 0 Å². The van der Waals surface area contributed by atoms with Gasteiger partial charge in [0.1, 0.15) is 0 Å². The van der Waals surface area contributed by atoms with E-state index in [4.69, 9.17) is 5.11 Å². The molecular formula is C18H25N3O3. The summed E-state index contributed by atoms with van der Waals surface area (Å²) in [5.41, 5.74) is 1.88. The van der Waals surface area contributed by atoms with Crippen LogP contribution in [0.1, 0.15) is 24.8 Å². The number of nitrogens with one attached hydrogen (secondary N) is 1.